The summed E-state index contributed by atoms with van der Waals surface area (Å²) in [6.45, 7) is 3.10. The molecule has 0 aliphatic heterocycles. The highest BCUT2D eigenvalue weighted by atomic mass is 19.1. The first-order chi connectivity index (χ1) is 12.6. The Hall–Kier alpha value is -3.27. The summed E-state index contributed by atoms with van der Waals surface area (Å²) in [5.41, 5.74) is 3.46. The number of rotatable bonds is 4. The van der Waals surface area contributed by atoms with Crippen molar-refractivity contribution in [1.29, 1.82) is 5.26 Å². The van der Waals surface area contributed by atoms with Crippen molar-refractivity contribution in [3.05, 3.63) is 53.3 Å². The number of imidazole rings is 1. The lowest BCUT2D eigenvalue weighted by Gasteiger charge is -2.15. The monoisotopic (exact) mass is 349 g/mol. The lowest BCUT2D eigenvalue weighted by molar-refractivity contribution is 0.374. The van der Waals surface area contributed by atoms with E-state index in [1.165, 1.54) is 0 Å². The molecule has 1 atom stereocenters. The van der Waals surface area contributed by atoms with Crippen molar-refractivity contribution < 1.29 is 8.91 Å². The van der Waals surface area contributed by atoms with E-state index in [-0.39, 0.29) is 0 Å². The summed E-state index contributed by atoms with van der Waals surface area (Å²) in [5, 5.41) is 14.0. The molecule has 3 heterocycles. The van der Waals surface area contributed by atoms with Crippen LogP contribution in [0.15, 0.2) is 35.0 Å². The maximum Gasteiger partial charge on any atom is 0.133 e. The molecule has 0 bridgehead atoms. The van der Waals surface area contributed by atoms with Gasteiger partial charge in [0.15, 0.2) is 0 Å². The minimum absolute atomic E-state index is 0.403. The molecule has 1 aromatic carbocycles. The van der Waals surface area contributed by atoms with Gasteiger partial charge in [-0.15, -0.1) is 0 Å². The number of benzene rings is 1. The van der Waals surface area contributed by atoms with Crippen LogP contribution in [0.25, 0.3) is 21.9 Å². The Morgan fingerprint density at radius 2 is 2.15 bits per heavy atom. The molecule has 0 radical (unpaired) electrons. The Labute approximate surface area is 148 Å². The molecular weight excluding hydrogens is 333 g/mol. The number of hydrogen-bond donors (Lipinski definition) is 0. The molecule has 6 nitrogen and oxygen atoms in total. The number of halogens is 1. The quantitative estimate of drug-likeness (QED) is 0.558. The van der Waals surface area contributed by atoms with Gasteiger partial charge in [-0.1, -0.05) is 5.16 Å². The molecular formula is C19H16FN5O. The number of hydrogen-bond acceptors (Lipinski definition) is 5. The Morgan fingerprint density at radius 3 is 2.85 bits per heavy atom. The van der Waals surface area contributed by atoms with Crippen LogP contribution < -0.4 is 0 Å². The molecule has 0 aliphatic carbocycles. The average molecular weight is 349 g/mol. The predicted octanol–water partition coefficient (Wildman–Crippen LogP) is 3.87. The molecule has 1 unspecified atom stereocenters. The molecule has 3 aromatic heterocycles. The molecule has 0 saturated carbocycles. The Balaban J connectivity index is 2.00. The van der Waals surface area contributed by atoms with Crippen LogP contribution in [0.1, 0.15) is 35.8 Å². The highest BCUT2D eigenvalue weighted by molar-refractivity contribution is 6.02. The first kappa shape index (κ1) is 16.2. The van der Waals surface area contributed by atoms with Gasteiger partial charge in [-0.25, -0.2) is 9.37 Å². The topological polar surface area (TPSA) is 80.5 Å². The van der Waals surface area contributed by atoms with E-state index in [1.54, 1.807) is 31.3 Å². The lowest BCUT2D eigenvalue weighted by atomic mass is 10.1. The number of alkyl halides is 1. The number of fused-ring (bicyclic) bond motifs is 3. The van der Waals surface area contributed by atoms with Crippen LogP contribution in [0.5, 0.6) is 0 Å². The summed E-state index contributed by atoms with van der Waals surface area (Å²) in [6, 6.07) is 8.87. The van der Waals surface area contributed by atoms with E-state index in [4.69, 9.17) is 4.52 Å². The summed E-state index contributed by atoms with van der Waals surface area (Å²) in [4.78, 5) is 9.08. The van der Waals surface area contributed by atoms with Crippen LogP contribution in [0, 0.1) is 18.3 Å². The normalized spacial score (nSPS) is 12.5. The van der Waals surface area contributed by atoms with Crippen LogP contribution in [0.2, 0.25) is 0 Å². The summed E-state index contributed by atoms with van der Waals surface area (Å²) < 4.78 is 20.6. The Morgan fingerprint density at radius 1 is 1.31 bits per heavy atom. The third kappa shape index (κ3) is 2.60. The van der Waals surface area contributed by atoms with Crippen LogP contribution in [-0.2, 0) is 6.42 Å². The third-order valence-electron chi connectivity index (χ3n) is 4.40. The van der Waals surface area contributed by atoms with Gasteiger partial charge in [0, 0.05) is 11.5 Å². The zero-order chi connectivity index (χ0) is 18.3. The van der Waals surface area contributed by atoms with Crippen LogP contribution >= 0.6 is 0 Å². The number of nitriles is 1. The van der Waals surface area contributed by atoms with Gasteiger partial charge in [0.2, 0.25) is 0 Å². The molecule has 0 aliphatic rings. The second-order valence-corrected chi connectivity index (χ2v) is 6.34. The maximum atomic E-state index is 13.6. The van der Waals surface area contributed by atoms with E-state index in [2.05, 4.69) is 21.2 Å². The van der Waals surface area contributed by atoms with Crippen molar-refractivity contribution in [2.75, 3.05) is 6.67 Å². The van der Waals surface area contributed by atoms with Crippen LogP contribution in [0.3, 0.4) is 0 Å². The van der Waals surface area contributed by atoms with Crippen molar-refractivity contribution in [2.24, 2.45) is 0 Å². The maximum absolute atomic E-state index is 13.6. The largest absolute Gasteiger partial charge is 0.361 e. The summed E-state index contributed by atoms with van der Waals surface area (Å²) in [6.07, 6.45) is 2.11. The van der Waals surface area contributed by atoms with Gasteiger partial charge >= 0.3 is 0 Å². The van der Waals surface area contributed by atoms with E-state index in [0.717, 1.165) is 22.1 Å². The van der Waals surface area contributed by atoms with Crippen LogP contribution in [0.4, 0.5) is 4.39 Å². The van der Waals surface area contributed by atoms with E-state index in [9.17, 15) is 9.65 Å². The SMILES string of the molecule is Cc1cc(Cc2nc3cnc4ccc(C#N)cc4c3n2C(C)CF)no1. The van der Waals surface area contributed by atoms with Gasteiger partial charge in [-0.2, -0.15) is 5.26 Å². The first-order valence-electron chi connectivity index (χ1n) is 8.28. The molecule has 26 heavy (non-hydrogen) atoms. The van der Waals surface area contributed by atoms with Gasteiger partial charge < -0.3 is 9.09 Å². The zero-order valence-corrected chi connectivity index (χ0v) is 14.4. The third-order valence-corrected chi connectivity index (χ3v) is 4.40. The molecule has 0 spiro atoms. The molecule has 4 aromatic rings. The molecule has 0 N–H and O–H groups in total. The fraction of sp³-hybridized carbons (Fsp3) is 0.263. The number of aryl methyl sites for hydroxylation is 1. The van der Waals surface area contributed by atoms with E-state index in [0.29, 0.717) is 29.1 Å². The zero-order valence-electron chi connectivity index (χ0n) is 14.4. The molecule has 0 amide bonds. The second-order valence-electron chi connectivity index (χ2n) is 6.34. The number of nitrogens with zero attached hydrogens (tertiary/aromatic N) is 5. The van der Waals surface area contributed by atoms with Crippen molar-refractivity contribution in [3.63, 3.8) is 0 Å². The average Bonchev–Trinajstić information content (AvgIpc) is 3.23. The summed E-state index contributed by atoms with van der Waals surface area (Å²) >= 11 is 0. The minimum Gasteiger partial charge on any atom is -0.361 e. The molecule has 130 valence electrons. The fourth-order valence-corrected chi connectivity index (χ4v) is 3.23. The Kier molecular flexibility index (Phi) is 3.88. The van der Waals surface area contributed by atoms with E-state index < -0.39 is 12.7 Å². The summed E-state index contributed by atoms with van der Waals surface area (Å²) in [5.74, 6) is 1.40. The Bertz CT molecular complexity index is 1150. The van der Waals surface area contributed by atoms with Gasteiger partial charge in [0.25, 0.3) is 0 Å². The number of pyridine rings is 1. The minimum atomic E-state index is -0.530. The smallest absolute Gasteiger partial charge is 0.133 e. The van der Waals surface area contributed by atoms with Crippen molar-refractivity contribution >= 4 is 21.9 Å². The fourth-order valence-electron chi connectivity index (χ4n) is 3.23. The standard InChI is InChI=1S/C19H16FN5O/c1-11(8-20)25-18(7-14-5-12(2)26-24-14)23-17-10-22-16-4-3-13(9-21)6-15(16)19(17)25/h3-6,10-11H,7-8H2,1-2H3. The van der Waals surface area contributed by atoms with Gasteiger partial charge in [0.1, 0.15) is 23.8 Å². The van der Waals surface area contributed by atoms with Gasteiger partial charge in [-0.05, 0) is 32.0 Å². The second kappa shape index (κ2) is 6.23. The van der Waals surface area contributed by atoms with Crippen molar-refractivity contribution in [1.82, 2.24) is 19.7 Å². The molecule has 4 rings (SSSR count). The van der Waals surface area contributed by atoms with Crippen molar-refractivity contribution in [2.45, 2.75) is 26.3 Å². The predicted molar refractivity (Wildman–Crippen MR) is 94.5 cm³/mol. The number of aromatic nitrogens is 4. The molecule has 0 saturated heterocycles. The molecule has 0 fully saturated rings. The van der Waals surface area contributed by atoms with Gasteiger partial charge in [-0.3, -0.25) is 4.98 Å². The molecule has 7 heteroatoms. The van der Waals surface area contributed by atoms with Crippen LogP contribution in [-0.4, -0.2) is 26.4 Å². The van der Waals surface area contributed by atoms with Gasteiger partial charge in [0.05, 0.1) is 47.0 Å². The lowest BCUT2D eigenvalue weighted by Crippen LogP contribution is -2.12. The van der Waals surface area contributed by atoms with E-state index in [1.807, 2.05) is 17.6 Å². The first-order valence-corrected chi connectivity index (χ1v) is 8.28. The summed E-state index contributed by atoms with van der Waals surface area (Å²) in [7, 11) is 0. The highest BCUT2D eigenvalue weighted by Crippen LogP contribution is 2.29. The van der Waals surface area contributed by atoms with Crippen molar-refractivity contribution in [3.8, 4) is 6.07 Å². The highest BCUT2D eigenvalue weighted by Gasteiger charge is 2.20. The van der Waals surface area contributed by atoms with E-state index >= 15 is 0 Å².